The minimum atomic E-state index is -0.548. The molecule has 0 fully saturated rings. The Morgan fingerprint density at radius 3 is 2.59 bits per heavy atom. The maximum atomic E-state index is 12.5. The van der Waals surface area contributed by atoms with E-state index in [4.69, 9.17) is 18.9 Å². The van der Waals surface area contributed by atoms with Crippen LogP contribution in [-0.2, 0) is 0 Å². The van der Waals surface area contributed by atoms with Crippen molar-refractivity contribution in [1.82, 2.24) is 0 Å². The highest BCUT2D eigenvalue weighted by atomic mass is 16.7. The van der Waals surface area contributed by atoms with Crippen LogP contribution in [0.5, 0.6) is 23.0 Å². The number of benzene rings is 3. The first kappa shape index (κ1) is 17.1. The van der Waals surface area contributed by atoms with Crippen LogP contribution >= 0.6 is 0 Å². The predicted octanol–water partition coefficient (Wildman–Crippen LogP) is 4.25. The Hall–Kier alpha value is -4.06. The molecule has 0 N–H and O–H groups in total. The summed E-state index contributed by atoms with van der Waals surface area (Å²) in [6, 6.07) is 18.9. The van der Waals surface area contributed by atoms with Gasteiger partial charge in [0.2, 0.25) is 12.6 Å². The molecule has 0 bridgehead atoms. The molecule has 142 valence electrons. The van der Waals surface area contributed by atoms with E-state index in [2.05, 4.69) is 0 Å². The molecule has 0 amide bonds. The van der Waals surface area contributed by atoms with Gasteiger partial charge in [0.05, 0.1) is 11.1 Å². The van der Waals surface area contributed by atoms with E-state index in [1.807, 2.05) is 30.3 Å². The lowest BCUT2D eigenvalue weighted by Crippen LogP contribution is -2.08. The second-order valence-electron chi connectivity index (χ2n) is 6.47. The highest BCUT2D eigenvalue weighted by Gasteiger charge is 2.28. The van der Waals surface area contributed by atoms with Gasteiger partial charge in [-0.2, -0.15) is 0 Å². The molecule has 2 aliphatic rings. The monoisotopic (exact) mass is 386 g/mol. The van der Waals surface area contributed by atoms with E-state index in [1.165, 1.54) is 6.07 Å². The van der Waals surface area contributed by atoms with Gasteiger partial charge in [-0.1, -0.05) is 30.3 Å². The molecule has 0 radical (unpaired) electrons. The van der Waals surface area contributed by atoms with Crippen molar-refractivity contribution < 1.29 is 28.5 Å². The molecule has 0 aliphatic carbocycles. The molecule has 0 saturated carbocycles. The van der Waals surface area contributed by atoms with Gasteiger partial charge in [-0.3, -0.25) is 4.79 Å². The lowest BCUT2D eigenvalue weighted by molar-refractivity contribution is 0.0734. The van der Waals surface area contributed by atoms with Gasteiger partial charge in [0, 0.05) is 6.07 Å². The summed E-state index contributed by atoms with van der Waals surface area (Å²) in [6.07, 6.45) is 1.68. The number of hydrogen-bond acceptors (Lipinski definition) is 6. The van der Waals surface area contributed by atoms with Gasteiger partial charge in [0.25, 0.3) is 0 Å². The van der Waals surface area contributed by atoms with Crippen molar-refractivity contribution in [3.8, 4) is 23.0 Å². The average molecular weight is 386 g/mol. The Kier molecular flexibility index (Phi) is 4.02. The van der Waals surface area contributed by atoms with Crippen molar-refractivity contribution in [2.75, 3.05) is 6.79 Å². The number of carbonyl (C=O) groups is 2. The number of esters is 1. The van der Waals surface area contributed by atoms with E-state index in [-0.39, 0.29) is 24.1 Å². The van der Waals surface area contributed by atoms with Crippen molar-refractivity contribution in [2.45, 2.75) is 0 Å². The van der Waals surface area contributed by atoms with Gasteiger partial charge >= 0.3 is 5.97 Å². The Bertz CT molecular complexity index is 1160. The molecule has 6 nitrogen and oxygen atoms in total. The standard InChI is InChI=1S/C23H14O6/c24-22-17-8-7-16(12-19(17)29-21(22)10-14-4-2-1-3-5-14)28-23(25)15-6-9-18-20(11-15)27-13-26-18/h1-12H,13H2. The van der Waals surface area contributed by atoms with Gasteiger partial charge < -0.3 is 18.9 Å². The van der Waals surface area contributed by atoms with Crippen molar-refractivity contribution in [1.29, 1.82) is 0 Å². The van der Waals surface area contributed by atoms with E-state index >= 15 is 0 Å². The molecule has 0 aromatic heterocycles. The summed E-state index contributed by atoms with van der Waals surface area (Å²) in [5.74, 6) is 1.19. The zero-order valence-electron chi connectivity index (χ0n) is 15.1. The molecule has 0 spiro atoms. The summed E-state index contributed by atoms with van der Waals surface area (Å²) < 4.78 is 21.6. The highest BCUT2D eigenvalue weighted by molar-refractivity contribution is 6.14. The van der Waals surface area contributed by atoms with E-state index in [9.17, 15) is 9.59 Å². The Morgan fingerprint density at radius 1 is 0.897 bits per heavy atom. The molecular weight excluding hydrogens is 372 g/mol. The number of carbonyl (C=O) groups excluding carboxylic acids is 2. The first-order valence-electron chi connectivity index (χ1n) is 8.92. The van der Waals surface area contributed by atoms with Crippen LogP contribution in [0.1, 0.15) is 26.3 Å². The minimum absolute atomic E-state index is 0.128. The molecule has 2 aliphatic heterocycles. The summed E-state index contributed by atoms with van der Waals surface area (Å²) in [7, 11) is 0. The number of fused-ring (bicyclic) bond motifs is 2. The number of rotatable bonds is 3. The Labute approximate surface area is 165 Å². The van der Waals surface area contributed by atoms with Crippen LogP contribution in [0.25, 0.3) is 6.08 Å². The first-order chi connectivity index (χ1) is 14.2. The lowest BCUT2D eigenvalue weighted by atomic mass is 10.1. The lowest BCUT2D eigenvalue weighted by Gasteiger charge is -2.06. The van der Waals surface area contributed by atoms with Crippen LogP contribution in [0, 0.1) is 0 Å². The maximum Gasteiger partial charge on any atom is 0.343 e. The van der Waals surface area contributed by atoms with Crippen LogP contribution in [-0.4, -0.2) is 18.5 Å². The van der Waals surface area contributed by atoms with Gasteiger partial charge in [-0.25, -0.2) is 4.79 Å². The second-order valence-corrected chi connectivity index (χ2v) is 6.47. The number of ether oxygens (including phenoxy) is 4. The predicted molar refractivity (Wildman–Crippen MR) is 103 cm³/mol. The maximum absolute atomic E-state index is 12.5. The van der Waals surface area contributed by atoms with Crippen LogP contribution in [0.15, 0.2) is 72.5 Å². The fourth-order valence-electron chi connectivity index (χ4n) is 3.12. The molecule has 5 rings (SSSR count). The SMILES string of the molecule is O=C(Oc1ccc2c(c1)OC(=Cc1ccccc1)C2=O)c1ccc2c(c1)OCO2. The third kappa shape index (κ3) is 3.21. The van der Waals surface area contributed by atoms with Crippen molar-refractivity contribution in [3.05, 3.63) is 89.2 Å². The molecule has 0 atom stereocenters. The number of allylic oxidation sites excluding steroid dienone is 1. The highest BCUT2D eigenvalue weighted by Crippen LogP contribution is 2.36. The quantitative estimate of drug-likeness (QED) is 0.381. The molecular formula is C23H14O6. The molecule has 3 aromatic carbocycles. The Balaban J connectivity index is 1.36. The van der Waals surface area contributed by atoms with Crippen LogP contribution in [0.3, 0.4) is 0 Å². The average Bonchev–Trinajstić information content (AvgIpc) is 3.33. The zero-order valence-corrected chi connectivity index (χ0v) is 15.1. The summed E-state index contributed by atoms with van der Waals surface area (Å²) in [4.78, 5) is 25.0. The zero-order chi connectivity index (χ0) is 19.8. The summed E-state index contributed by atoms with van der Waals surface area (Å²) in [6.45, 7) is 0.128. The second kappa shape index (κ2) is 6.83. The van der Waals surface area contributed by atoms with Crippen molar-refractivity contribution in [2.24, 2.45) is 0 Å². The summed E-state index contributed by atoms with van der Waals surface area (Å²) in [5, 5.41) is 0. The largest absolute Gasteiger partial charge is 0.454 e. The van der Waals surface area contributed by atoms with Gasteiger partial charge in [-0.05, 0) is 42.0 Å². The van der Waals surface area contributed by atoms with Gasteiger partial charge in [0.1, 0.15) is 11.5 Å². The molecule has 6 heteroatoms. The fraction of sp³-hybridized carbons (Fsp3) is 0.0435. The van der Waals surface area contributed by atoms with E-state index in [0.29, 0.717) is 28.4 Å². The van der Waals surface area contributed by atoms with Crippen LogP contribution < -0.4 is 18.9 Å². The fourth-order valence-corrected chi connectivity index (χ4v) is 3.12. The van der Waals surface area contributed by atoms with E-state index < -0.39 is 5.97 Å². The first-order valence-corrected chi connectivity index (χ1v) is 8.92. The number of Topliss-reactive ketones (excluding diaryl/α,β-unsaturated/α-hetero) is 1. The third-order valence-electron chi connectivity index (χ3n) is 4.56. The molecule has 3 aromatic rings. The van der Waals surface area contributed by atoms with Gasteiger partial charge in [0.15, 0.2) is 17.3 Å². The summed E-state index contributed by atoms with van der Waals surface area (Å²) >= 11 is 0. The topological polar surface area (TPSA) is 71.1 Å². The van der Waals surface area contributed by atoms with E-state index in [1.54, 1.807) is 36.4 Å². The third-order valence-corrected chi connectivity index (χ3v) is 4.56. The number of ketones is 1. The van der Waals surface area contributed by atoms with Crippen LogP contribution in [0.2, 0.25) is 0 Å². The number of hydrogen-bond donors (Lipinski definition) is 0. The van der Waals surface area contributed by atoms with E-state index in [0.717, 1.165) is 5.56 Å². The molecule has 0 unspecified atom stereocenters. The minimum Gasteiger partial charge on any atom is -0.454 e. The Morgan fingerprint density at radius 2 is 1.72 bits per heavy atom. The van der Waals surface area contributed by atoms with Gasteiger partial charge in [-0.15, -0.1) is 0 Å². The molecule has 29 heavy (non-hydrogen) atoms. The van der Waals surface area contributed by atoms with Crippen molar-refractivity contribution in [3.63, 3.8) is 0 Å². The van der Waals surface area contributed by atoms with Crippen molar-refractivity contribution >= 4 is 17.8 Å². The van der Waals surface area contributed by atoms with Crippen LogP contribution in [0.4, 0.5) is 0 Å². The normalized spacial score (nSPS) is 15.2. The summed E-state index contributed by atoms with van der Waals surface area (Å²) in [5.41, 5.74) is 1.62. The smallest absolute Gasteiger partial charge is 0.343 e. The molecule has 0 saturated heterocycles. The molecule has 2 heterocycles.